The van der Waals surface area contributed by atoms with Crippen LogP contribution in [0.4, 0.5) is 5.69 Å². The van der Waals surface area contributed by atoms with Gasteiger partial charge in [0.1, 0.15) is 5.82 Å². The molecule has 0 aliphatic rings. The number of nitrogens with two attached hydrogens (primary N) is 1. The topological polar surface area (TPSA) is 43.8 Å². The van der Waals surface area contributed by atoms with Gasteiger partial charge in [-0.15, -0.1) is 0 Å². The van der Waals surface area contributed by atoms with E-state index in [9.17, 15) is 0 Å². The Labute approximate surface area is 138 Å². The molecule has 0 unspecified atom stereocenters. The first-order valence-corrected chi connectivity index (χ1v) is 8.61. The van der Waals surface area contributed by atoms with Gasteiger partial charge in [-0.25, -0.2) is 4.98 Å². The monoisotopic (exact) mass is 307 g/mol. The number of nitrogen functional groups attached to an aromatic ring is 1. The van der Waals surface area contributed by atoms with Crippen LogP contribution in [0, 0.1) is 0 Å². The van der Waals surface area contributed by atoms with E-state index < -0.39 is 0 Å². The van der Waals surface area contributed by atoms with E-state index in [4.69, 9.17) is 10.7 Å². The number of hydrogen-bond donors (Lipinski definition) is 1. The van der Waals surface area contributed by atoms with Crippen LogP contribution in [-0.2, 0) is 6.54 Å². The minimum absolute atomic E-state index is 0.788. The van der Waals surface area contributed by atoms with Gasteiger partial charge < -0.3 is 10.3 Å². The number of nitrogens with zero attached hydrogens (tertiary/aromatic N) is 2. The third-order valence-electron chi connectivity index (χ3n) is 4.31. The van der Waals surface area contributed by atoms with E-state index in [-0.39, 0.29) is 0 Å². The standard InChI is InChI=1S/C20H25N3/c1-2-3-4-5-8-15-23-19-10-7-6-9-18(19)22-20(23)16-11-13-17(21)14-12-16/h6-7,9-14H,2-5,8,15,21H2,1H3. The SMILES string of the molecule is CCCCCCCn1c(-c2ccc(N)cc2)nc2ccccc21. The van der Waals surface area contributed by atoms with Gasteiger partial charge in [0.05, 0.1) is 11.0 Å². The molecule has 1 aromatic heterocycles. The van der Waals surface area contributed by atoms with Crippen molar-refractivity contribution in [3.63, 3.8) is 0 Å². The van der Waals surface area contributed by atoms with Crippen molar-refractivity contribution < 1.29 is 0 Å². The maximum Gasteiger partial charge on any atom is 0.141 e. The first-order valence-electron chi connectivity index (χ1n) is 8.61. The van der Waals surface area contributed by atoms with Crippen molar-refractivity contribution >= 4 is 16.7 Å². The molecule has 120 valence electrons. The maximum absolute atomic E-state index is 5.82. The fraction of sp³-hybridized carbons (Fsp3) is 0.350. The second-order valence-corrected chi connectivity index (χ2v) is 6.11. The number of imidazole rings is 1. The lowest BCUT2D eigenvalue weighted by atomic mass is 10.1. The highest BCUT2D eigenvalue weighted by atomic mass is 15.1. The molecule has 0 aliphatic carbocycles. The molecule has 2 N–H and O–H groups in total. The molecule has 0 saturated heterocycles. The largest absolute Gasteiger partial charge is 0.399 e. The van der Waals surface area contributed by atoms with Crippen LogP contribution in [0.15, 0.2) is 48.5 Å². The lowest BCUT2D eigenvalue weighted by Crippen LogP contribution is -2.01. The highest BCUT2D eigenvalue weighted by molar-refractivity contribution is 5.80. The number of aryl methyl sites for hydroxylation is 1. The zero-order valence-corrected chi connectivity index (χ0v) is 13.8. The summed E-state index contributed by atoms with van der Waals surface area (Å²) in [5, 5.41) is 0. The first-order chi connectivity index (χ1) is 11.3. The molecule has 0 saturated carbocycles. The van der Waals surface area contributed by atoms with Crippen LogP contribution < -0.4 is 5.73 Å². The summed E-state index contributed by atoms with van der Waals surface area (Å²) in [5.41, 5.74) is 10.0. The van der Waals surface area contributed by atoms with Crippen LogP contribution >= 0.6 is 0 Å². The molecular weight excluding hydrogens is 282 g/mol. The number of anilines is 1. The Morgan fingerprint density at radius 1 is 0.913 bits per heavy atom. The average Bonchev–Trinajstić information content (AvgIpc) is 2.94. The van der Waals surface area contributed by atoms with Gasteiger partial charge in [-0.1, -0.05) is 44.7 Å². The Morgan fingerprint density at radius 2 is 1.65 bits per heavy atom. The summed E-state index contributed by atoms with van der Waals surface area (Å²) >= 11 is 0. The van der Waals surface area contributed by atoms with Crippen LogP contribution in [0.3, 0.4) is 0 Å². The second kappa shape index (κ2) is 7.32. The third kappa shape index (κ3) is 3.55. The molecule has 3 heteroatoms. The number of rotatable bonds is 7. The first kappa shape index (κ1) is 15.6. The van der Waals surface area contributed by atoms with Crippen molar-refractivity contribution in [1.82, 2.24) is 9.55 Å². The quantitative estimate of drug-likeness (QED) is 0.478. The molecule has 0 bridgehead atoms. The molecule has 0 fully saturated rings. The fourth-order valence-corrected chi connectivity index (χ4v) is 3.03. The van der Waals surface area contributed by atoms with Crippen LogP contribution in [0.5, 0.6) is 0 Å². The normalized spacial score (nSPS) is 11.2. The molecule has 0 radical (unpaired) electrons. The van der Waals surface area contributed by atoms with Crippen molar-refractivity contribution in [2.75, 3.05) is 5.73 Å². The van der Waals surface area contributed by atoms with Crippen LogP contribution in [-0.4, -0.2) is 9.55 Å². The summed E-state index contributed by atoms with van der Waals surface area (Å²) in [6.07, 6.45) is 6.41. The van der Waals surface area contributed by atoms with E-state index in [1.807, 2.05) is 18.2 Å². The average molecular weight is 307 g/mol. The number of hydrogen-bond acceptors (Lipinski definition) is 2. The van der Waals surface area contributed by atoms with Gasteiger partial charge in [0.25, 0.3) is 0 Å². The Balaban J connectivity index is 1.90. The molecule has 23 heavy (non-hydrogen) atoms. The van der Waals surface area contributed by atoms with E-state index in [1.54, 1.807) is 0 Å². The van der Waals surface area contributed by atoms with E-state index in [0.717, 1.165) is 29.1 Å². The second-order valence-electron chi connectivity index (χ2n) is 6.11. The molecule has 2 aromatic carbocycles. The van der Waals surface area contributed by atoms with Gasteiger partial charge in [0.15, 0.2) is 0 Å². The summed E-state index contributed by atoms with van der Waals surface area (Å²) in [4.78, 5) is 4.85. The summed E-state index contributed by atoms with van der Waals surface area (Å²) in [7, 11) is 0. The Hall–Kier alpha value is -2.29. The number of fused-ring (bicyclic) bond motifs is 1. The van der Waals surface area contributed by atoms with E-state index in [1.165, 1.54) is 37.6 Å². The van der Waals surface area contributed by atoms with E-state index >= 15 is 0 Å². The van der Waals surface area contributed by atoms with Crippen molar-refractivity contribution in [3.8, 4) is 11.4 Å². The molecule has 0 spiro atoms. The lowest BCUT2D eigenvalue weighted by Gasteiger charge is -2.09. The molecule has 0 atom stereocenters. The van der Waals surface area contributed by atoms with Crippen molar-refractivity contribution in [1.29, 1.82) is 0 Å². The molecule has 0 aliphatic heterocycles. The summed E-state index contributed by atoms with van der Waals surface area (Å²) in [6, 6.07) is 16.4. The summed E-state index contributed by atoms with van der Waals surface area (Å²) < 4.78 is 2.35. The van der Waals surface area contributed by atoms with Crippen LogP contribution in [0.1, 0.15) is 39.0 Å². The summed E-state index contributed by atoms with van der Waals surface area (Å²) in [6.45, 7) is 3.27. The maximum atomic E-state index is 5.82. The minimum Gasteiger partial charge on any atom is -0.399 e. The molecule has 3 nitrogen and oxygen atoms in total. The van der Waals surface area contributed by atoms with Crippen LogP contribution in [0.2, 0.25) is 0 Å². The van der Waals surface area contributed by atoms with Gasteiger partial charge in [0.2, 0.25) is 0 Å². The van der Waals surface area contributed by atoms with Gasteiger partial charge >= 0.3 is 0 Å². The number of unbranched alkanes of at least 4 members (excludes halogenated alkanes) is 4. The van der Waals surface area contributed by atoms with Gasteiger partial charge in [-0.3, -0.25) is 0 Å². The number of para-hydroxylation sites is 2. The molecule has 0 amide bonds. The minimum atomic E-state index is 0.788. The number of benzene rings is 2. The smallest absolute Gasteiger partial charge is 0.141 e. The molecule has 1 heterocycles. The summed E-state index contributed by atoms with van der Waals surface area (Å²) in [5.74, 6) is 1.04. The highest BCUT2D eigenvalue weighted by Gasteiger charge is 2.11. The molecule has 3 rings (SSSR count). The number of aromatic nitrogens is 2. The predicted molar refractivity (Wildman–Crippen MR) is 98.3 cm³/mol. The Morgan fingerprint density at radius 3 is 2.43 bits per heavy atom. The lowest BCUT2D eigenvalue weighted by molar-refractivity contribution is 0.578. The predicted octanol–water partition coefficient (Wildman–Crippen LogP) is 5.26. The van der Waals surface area contributed by atoms with E-state index in [2.05, 4.69) is 41.8 Å². The molecule has 3 aromatic rings. The Bertz CT molecular complexity index is 756. The van der Waals surface area contributed by atoms with Crippen molar-refractivity contribution in [2.24, 2.45) is 0 Å². The highest BCUT2D eigenvalue weighted by Crippen LogP contribution is 2.26. The van der Waals surface area contributed by atoms with Gasteiger partial charge in [-0.2, -0.15) is 0 Å². The van der Waals surface area contributed by atoms with Crippen molar-refractivity contribution in [3.05, 3.63) is 48.5 Å². The van der Waals surface area contributed by atoms with Gasteiger partial charge in [0, 0.05) is 17.8 Å². The van der Waals surface area contributed by atoms with Crippen molar-refractivity contribution in [2.45, 2.75) is 45.6 Å². The zero-order chi connectivity index (χ0) is 16.1. The molecular formula is C20H25N3. The van der Waals surface area contributed by atoms with E-state index in [0.29, 0.717) is 0 Å². The third-order valence-corrected chi connectivity index (χ3v) is 4.31. The van der Waals surface area contributed by atoms with Crippen LogP contribution in [0.25, 0.3) is 22.4 Å². The van der Waals surface area contributed by atoms with Gasteiger partial charge in [-0.05, 0) is 42.8 Å². The zero-order valence-electron chi connectivity index (χ0n) is 13.8. The fourth-order valence-electron chi connectivity index (χ4n) is 3.03. The Kier molecular flexibility index (Phi) is 4.96.